The van der Waals surface area contributed by atoms with Crippen molar-refractivity contribution in [1.82, 2.24) is 10.2 Å². The van der Waals surface area contributed by atoms with Gasteiger partial charge in [0.2, 0.25) is 15.9 Å². The van der Waals surface area contributed by atoms with Crippen LogP contribution in [-0.2, 0) is 21.2 Å². The molecule has 3 aromatic rings. The van der Waals surface area contributed by atoms with Gasteiger partial charge in [0.05, 0.1) is 23.9 Å². The van der Waals surface area contributed by atoms with Gasteiger partial charge in [-0.15, -0.1) is 0 Å². The third-order valence-corrected chi connectivity index (χ3v) is 7.22. The molecule has 0 radical (unpaired) electrons. The normalized spacial score (nSPS) is 15.0. The number of hydrogen-bond donors (Lipinski definition) is 1. The van der Waals surface area contributed by atoms with Gasteiger partial charge in [-0.1, -0.05) is 0 Å². The maximum absolute atomic E-state index is 13.5. The Morgan fingerprint density at radius 3 is 2.40 bits per heavy atom. The second-order valence-electron chi connectivity index (χ2n) is 8.64. The first-order valence-corrected chi connectivity index (χ1v) is 12.7. The van der Waals surface area contributed by atoms with Gasteiger partial charge in [0.15, 0.2) is 0 Å². The zero-order valence-electron chi connectivity index (χ0n) is 20.0. The fraction of sp³-hybridized carbons (Fsp3) is 0.333. The Morgan fingerprint density at radius 2 is 1.83 bits per heavy atom. The number of nitrogens with one attached hydrogen (secondary N) is 1. The highest BCUT2D eigenvalue weighted by molar-refractivity contribution is 7.92. The summed E-state index contributed by atoms with van der Waals surface area (Å²) in [6, 6.07) is 7.02. The lowest BCUT2D eigenvalue weighted by atomic mass is 9.97. The van der Waals surface area contributed by atoms with Crippen LogP contribution in [0.3, 0.4) is 0 Å². The van der Waals surface area contributed by atoms with Gasteiger partial charge < -0.3 is 19.4 Å². The van der Waals surface area contributed by atoms with Crippen LogP contribution in [0.15, 0.2) is 34.7 Å². The Labute approximate surface area is 202 Å². The Morgan fingerprint density at radius 1 is 1.17 bits per heavy atom. The Hall–Kier alpha value is -3.60. The summed E-state index contributed by atoms with van der Waals surface area (Å²) < 4.78 is 51.6. The third kappa shape index (κ3) is 4.43. The summed E-state index contributed by atoms with van der Waals surface area (Å²) in [5.41, 5.74) is 1.78. The maximum atomic E-state index is 13.5. The summed E-state index contributed by atoms with van der Waals surface area (Å²) in [5, 5.41) is 3.07. The SMILES string of the molecule is CNC(=O)c1c(-c2ccc(F)cc2)oc2cc(N(C)S(C)(=O)=O)c3c(c12)CC(CC(=O)N(C)C)O3. The van der Waals surface area contributed by atoms with Gasteiger partial charge in [-0.2, -0.15) is 0 Å². The second kappa shape index (κ2) is 8.88. The molecular weight excluding hydrogens is 477 g/mol. The second-order valence-corrected chi connectivity index (χ2v) is 10.6. The minimum atomic E-state index is -3.67. The highest BCUT2D eigenvalue weighted by Crippen LogP contribution is 2.48. The van der Waals surface area contributed by atoms with Crippen LogP contribution in [0.5, 0.6) is 5.75 Å². The minimum absolute atomic E-state index is 0.0726. The maximum Gasteiger partial charge on any atom is 0.255 e. The number of rotatable bonds is 6. The van der Waals surface area contributed by atoms with E-state index in [0.29, 0.717) is 16.5 Å². The first-order valence-electron chi connectivity index (χ1n) is 10.8. The zero-order valence-corrected chi connectivity index (χ0v) is 20.8. The molecule has 35 heavy (non-hydrogen) atoms. The molecular formula is C24H26FN3O6S. The molecule has 2 heterocycles. The van der Waals surface area contributed by atoms with Crippen molar-refractivity contribution in [1.29, 1.82) is 0 Å². The lowest BCUT2D eigenvalue weighted by molar-refractivity contribution is -0.130. The predicted molar refractivity (Wildman–Crippen MR) is 130 cm³/mol. The first kappa shape index (κ1) is 24.5. The predicted octanol–water partition coefficient (Wildman–Crippen LogP) is 2.78. The summed E-state index contributed by atoms with van der Waals surface area (Å²) in [5.74, 6) is -0.525. The first-order chi connectivity index (χ1) is 16.4. The van der Waals surface area contributed by atoms with Crippen LogP contribution in [0.4, 0.5) is 10.1 Å². The van der Waals surface area contributed by atoms with E-state index in [2.05, 4.69) is 5.32 Å². The minimum Gasteiger partial charge on any atom is -0.487 e. The molecule has 1 aliphatic heterocycles. The van der Waals surface area contributed by atoms with Crippen molar-refractivity contribution in [2.45, 2.75) is 18.9 Å². The van der Waals surface area contributed by atoms with E-state index in [-0.39, 0.29) is 47.1 Å². The van der Waals surface area contributed by atoms with Crippen molar-refractivity contribution in [2.24, 2.45) is 0 Å². The van der Waals surface area contributed by atoms with Gasteiger partial charge in [-0.05, 0) is 24.3 Å². The van der Waals surface area contributed by atoms with E-state index in [1.54, 1.807) is 14.1 Å². The highest BCUT2D eigenvalue weighted by atomic mass is 32.2. The van der Waals surface area contributed by atoms with E-state index in [0.717, 1.165) is 10.6 Å². The van der Waals surface area contributed by atoms with Gasteiger partial charge >= 0.3 is 0 Å². The summed E-state index contributed by atoms with van der Waals surface area (Å²) in [6.45, 7) is 0. The van der Waals surface area contributed by atoms with E-state index < -0.39 is 27.9 Å². The van der Waals surface area contributed by atoms with Crippen molar-refractivity contribution in [2.75, 3.05) is 38.8 Å². The summed E-state index contributed by atoms with van der Waals surface area (Å²) in [7, 11) is 2.49. The van der Waals surface area contributed by atoms with Gasteiger partial charge in [-0.25, -0.2) is 12.8 Å². The number of ether oxygens (including phenoxy) is 1. The van der Waals surface area contributed by atoms with Crippen molar-refractivity contribution < 1.29 is 31.6 Å². The third-order valence-electron chi connectivity index (χ3n) is 6.03. The molecule has 186 valence electrons. The molecule has 0 bridgehead atoms. The molecule has 1 atom stereocenters. The Kier molecular flexibility index (Phi) is 6.22. The monoisotopic (exact) mass is 503 g/mol. The summed E-state index contributed by atoms with van der Waals surface area (Å²) in [6.07, 6.45) is 0.846. The number of furan rings is 1. The molecule has 2 aromatic carbocycles. The smallest absolute Gasteiger partial charge is 0.255 e. The van der Waals surface area contributed by atoms with Crippen LogP contribution >= 0.6 is 0 Å². The van der Waals surface area contributed by atoms with Crippen molar-refractivity contribution in [3.8, 4) is 17.1 Å². The number of benzene rings is 2. The average Bonchev–Trinajstić information content (AvgIpc) is 3.38. The number of carbonyl (C=O) groups is 2. The summed E-state index contributed by atoms with van der Waals surface area (Å²) >= 11 is 0. The number of fused-ring (bicyclic) bond motifs is 3. The van der Waals surface area contributed by atoms with Crippen molar-refractivity contribution >= 4 is 38.5 Å². The number of sulfonamides is 1. The molecule has 1 unspecified atom stereocenters. The van der Waals surface area contributed by atoms with E-state index >= 15 is 0 Å². The highest BCUT2D eigenvalue weighted by Gasteiger charge is 2.36. The number of carbonyl (C=O) groups excluding carboxylic acids is 2. The Balaban J connectivity index is 1.99. The van der Waals surface area contributed by atoms with Crippen LogP contribution < -0.4 is 14.4 Å². The molecule has 1 aliphatic rings. The van der Waals surface area contributed by atoms with Crippen LogP contribution in [-0.4, -0.2) is 65.7 Å². The largest absolute Gasteiger partial charge is 0.487 e. The molecule has 4 rings (SSSR count). The van der Waals surface area contributed by atoms with Crippen molar-refractivity contribution in [3.05, 3.63) is 47.3 Å². The van der Waals surface area contributed by atoms with E-state index in [4.69, 9.17) is 9.15 Å². The fourth-order valence-corrected chi connectivity index (χ4v) is 4.61. The molecule has 0 spiro atoms. The van der Waals surface area contributed by atoms with Crippen LogP contribution in [0.1, 0.15) is 22.3 Å². The van der Waals surface area contributed by atoms with Gasteiger partial charge in [0.1, 0.15) is 29.0 Å². The van der Waals surface area contributed by atoms with Crippen LogP contribution in [0, 0.1) is 5.82 Å². The number of amides is 2. The van der Waals surface area contributed by atoms with Gasteiger partial charge in [0, 0.05) is 57.2 Å². The van der Waals surface area contributed by atoms with E-state index in [1.165, 1.54) is 49.3 Å². The molecule has 11 heteroatoms. The molecule has 1 aromatic heterocycles. The number of halogens is 1. The van der Waals surface area contributed by atoms with E-state index in [1.807, 2.05) is 0 Å². The quantitative estimate of drug-likeness (QED) is 0.554. The molecule has 9 nitrogen and oxygen atoms in total. The number of nitrogens with zero attached hydrogens (tertiary/aromatic N) is 2. The van der Waals surface area contributed by atoms with Crippen LogP contribution in [0.2, 0.25) is 0 Å². The lowest BCUT2D eigenvalue weighted by Crippen LogP contribution is -2.28. The topological polar surface area (TPSA) is 109 Å². The molecule has 0 saturated heterocycles. The van der Waals surface area contributed by atoms with Crippen molar-refractivity contribution in [3.63, 3.8) is 0 Å². The molecule has 0 fully saturated rings. The van der Waals surface area contributed by atoms with Gasteiger partial charge in [-0.3, -0.25) is 13.9 Å². The summed E-state index contributed by atoms with van der Waals surface area (Å²) in [4.78, 5) is 26.8. The number of anilines is 1. The fourth-order valence-electron chi connectivity index (χ4n) is 4.12. The average molecular weight is 504 g/mol. The lowest BCUT2D eigenvalue weighted by Gasteiger charge is -2.20. The van der Waals surface area contributed by atoms with Crippen LogP contribution in [0.25, 0.3) is 22.3 Å². The Bertz CT molecular complexity index is 1430. The molecule has 0 aliphatic carbocycles. The molecule has 0 saturated carbocycles. The molecule has 2 amide bonds. The van der Waals surface area contributed by atoms with Gasteiger partial charge in [0.25, 0.3) is 5.91 Å². The van der Waals surface area contributed by atoms with E-state index in [9.17, 15) is 22.4 Å². The zero-order chi connectivity index (χ0) is 25.7. The standard InChI is InChI=1S/C24H26FN3O6S/c1-26-24(30)21-20-16-10-15(11-19(29)27(2)3)33-23(16)17(28(4)35(5,31)32)12-18(20)34-22(21)13-6-8-14(25)9-7-13/h6-9,12,15H,10-11H2,1-5H3,(H,26,30). The molecule has 1 N–H and O–H groups in total. The number of hydrogen-bond acceptors (Lipinski definition) is 6.